The van der Waals surface area contributed by atoms with Crippen LogP contribution in [0, 0.1) is 11.6 Å². The molecular weight excluding hydrogens is 250 g/mol. The molecule has 1 aromatic carbocycles. The third kappa shape index (κ3) is 3.61. The van der Waals surface area contributed by atoms with E-state index in [2.05, 4.69) is 10.3 Å². The number of benzene rings is 1. The largest absolute Gasteiger partial charge is 0.439 e. The molecule has 0 unspecified atom stereocenters. The number of hydrogen-bond donors (Lipinski definition) is 1. The maximum atomic E-state index is 13.1. The van der Waals surface area contributed by atoms with Crippen LogP contribution in [0.1, 0.15) is 26.7 Å². The van der Waals surface area contributed by atoms with Gasteiger partial charge in [-0.2, -0.15) is 0 Å². The van der Waals surface area contributed by atoms with E-state index in [0.29, 0.717) is 23.8 Å². The molecule has 0 radical (unpaired) electrons. The van der Waals surface area contributed by atoms with Gasteiger partial charge in [-0.1, -0.05) is 0 Å². The second-order valence-electron chi connectivity index (χ2n) is 5.35. The van der Waals surface area contributed by atoms with E-state index in [1.54, 1.807) is 0 Å². The molecule has 3 nitrogen and oxygen atoms in total. The van der Waals surface area contributed by atoms with E-state index in [-0.39, 0.29) is 5.54 Å². The number of oxazole rings is 1. The normalized spacial score (nSPS) is 11.8. The van der Waals surface area contributed by atoms with Crippen LogP contribution in [0.5, 0.6) is 0 Å². The fraction of sp³-hybridized carbons (Fsp3) is 0.357. The smallest absolute Gasteiger partial charge is 0.208 e. The highest BCUT2D eigenvalue weighted by Crippen LogP contribution is 2.22. The summed E-state index contributed by atoms with van der Waals surface area (Å²) in [5.74, 6) is -0.847. The molecule has 0 amide bonds. The Morgan fingerprint density at radius 3 is 2.58 bits per heavy atom. The predicted molar refractivity (Wildman–Crippen MR) is 68.4 cm³/mol. The zero-order chi connectivity index (χ0) is 14.0. The molecule has 1 heterocycles. The van der Waals surface area contributed by atoms with Crippen molar-refractivity contribution >= 4 is 0 Å². The number of nitrogens with one attached hydrogen (secondary N) is 1. The van der Waals surface area contributed by atoms with Crippen LogP contribution in [0.15, 0.2) is 28.8 Å². The van der Waals surface area contributed by atoms with Crippen molar-refractivity contribution in [1.29, 1.82) is 0 Å². The van der Waals surface area contributed by atoms with Crippen molar-refractivity contribution in [2.24, 2.45) is 0 Å². The fourth-order valence-electron chi connectivity index (χ4n) is 1.52. The third-order valence-corrected chi connectivity index (χ3v) is 2.53. The minimum atomic E-state index is -0.900. The number of nitrogens with zero attached hydrogens (tertiary/aromatic N) is 1. The predicted octanol–water partition coefficient (Wildman–Crippen LogP) is 3.51. The molecular formula is C14H16F2N2O. The molecule has 5 heteroatoms. The van der Waals surface area contributed by atoms with Crippen LogP contribution in [-0.2, 0) is 6.54 Å². The van der Waals surface area contributed by atoms with Crippen molar-refractivity contribution in [3.05, 3.63) is 41.9 Å². The lowest BCUT2D eigenvalue weighted by molar-refractivity contribution is 0.383. The number of hydrogen-bond acceptors (Lipinski definition) is 3. The lowest BCUT2D eigenvalue weighted by Gasteiger charge is -2.18. The molecule has 0 bridgehead atoms. The van der Waals surface area contributed by atoms with Crippen molar-refractivity contribution in [3.63, 3.8) is 0 Å². The van der Waals surface area contributed by atoms with Crippen LogP contribution in [0.25, 0.3) is 11.3 Å². The molecule has 0 aliphatic rings. The first-order valence-electron chi connectivity index (χ1n) is 6.00. The highest BCUT2D eigenvalue weighted by Gasteiger charge is 2.13. The molecule has 0 saturated carbocycles. The van der Waals surface area contributed by atoms with Gasteiger partial charge in [0.05, 0.1) is 12.7 Å². The van der Waals surface area contributed by atoms with E-state index in [9.17, 15) is 8.78 Å². The van der Waals surface area contributed by atoms with Gasteiger partial charge in [-0.15, -0.1) is 0 Å². The zero-order valence-electron chi connectivity index (χ0n) is 11.1. The lowest BCUT2D eigenvalue weighted by Crippen LogP contribution is -2.35. The van der Waals surface area contributed by atoms with Crippen LogP contribution in [0.4, 0.5) is 8.78 Å². The maximum absolute atomic E-state index is 13.1. The van der Waals surface area contributed by atoms with Crippen LogP contribution >= 0.6 is 0 Å². The van der Waals surface area contributed by atoms with Gasteiger partial charge in [-0.25, -0.2) is 13.8 Å². The Labute approximate surface area is 110 Å². The summed E-state index contributed by atoms with van der Waals surface area (Å²) < 4.78 is 31.5. The summed E-state index contributed by atoms with van der Waals surface area (Å²) in [4.78, 5) is 4.10. The van der Waals surface area contributed by atoms with Gasteiger partial charge in [0.2, 0.25) is 5.89 Å². The first kappa shape index (κ1) is 13.7. The molecule has 1 N–H and O–H groups in total. The Morgan fingerprint density at radius 2 is 1.95 bits per heavy atom. The van der Waals surface area contributed by atoms with Crippen molar-refractivity contribution in [1.82, 2.24) is 10.3 Å². The topological polar surface area (TPSA) is 38.1 Å². The minimum Gasteiger partial charge on any atom is -0.439 e. The summed E-state index contributed by atoms with van der Waals surface area (Å²) in [6.45, 7) is 6.58. The Hall–Kier alpha value is -1.75. The van der Waals surface area contributed by atoms with Crippen LogP contribution in [0.3, 0.4) is 0 Å². The Morgan fingerprint density at radius 1 is 1.21 bits per heavy atom. The molecule has 0 atom stereocenters. The second-order valence-corrected chi connectivity index (χ2v) is 5.35. The van der Waals surface area contributed by atoms with E-state index in [1.807, 2.05) is 20.8 Å². The summed E-state index contributed by atoms with van der Waals surface area (Å²) in [5.41, 5.74) is 0.421. The van der Waals surface area contributed by atoms with Crippen molar-refractivity contribution in [2.75, 3.05) is 0 Å². The summed E-state index contributed by atoms with van der Waals surface area (Å²) >= 11 is 0. The minimum absolute atomic E-state index is 0.0450. The summed E-state index contributed by atoms with van der Waals surface area (Å²) in [5, 5.41) is 3.23. The van der Waals surface area contributed by atoms with Gasteiger partial charge in [-0.05, 0) is 39.0 Å². The van der Waals surface area contributed by atoms with Crippen molar-refractivity contribution in [3.8, 4) is 11.3 Å². The summed E-state index contributed by atoms with van der Waals surface area (Å²) in [7, 11) is 0. The van der Waals surface area contributed by atoms with Crippen LogP contribution in [0.2, 0.25) is 0 Å². The molecule has 0 saturated heterocycles. The molecule has 0 aliphatic carbocycles. The van der Waals surface area contributed by atoms with E-state index in [4.69, 9.17) is 4.42 Å². The molecule has 2 aromatic rings. The molecule has 0 spiro atoms. The number of aromatic nitrogens is 1. The molecule has 0 aliphatic heterocycles. The Kier molecular flexibility index (Phi) is 3.66. The average molecular weight is 266 g/mol. The Balaban J connectivity index is 2.14. The molecule has 102 valence electrons. The summed E-state index contributed by atoms with van der Waals surface area (Å²) in [6, 6.07) is 3.62. The van der Waals surface area contributed by atoms with Gasteiger partial charge in [0.1, 0.15) is 0 Å². The Bertz CT molecular complexity index is 573. The molecule has 1 aromatic heterocycles. The van der Waals surface area contributed by atoms with E-state index < -0.39 is 11.6 Å². The van der Waals surface area contributed by atoms with Gasteiger partial charge in [0, 0.05) is 11.1 Å². The SMILES string of the molecule is CC(C)(C)NCc1ncc(-c2ccc(F)c(F)c2)o1. The van der Waals surface area contributed by atoms with Crippen LogP contribution < -0.4 is 5.32 Å². The quantitative estimate of drug-likeness (QED) is 0.923. The maximum Gasteiger partial charge on any atom is 0.208 e. The van der Waals surface area contributed by atoms with Gasteiger partial charge in [-0.3, -0.25) is 0 Å². The second kappa shape index (κ2) is 5.09. The zero-order valence-corrected chi connectivity index (χ0v) is 11.1. The average Bonchev–Trinajstić information content (AvgIpc) is 2.78. The van der Waals surface area contributed by atoms with E-state index in [0.717, 1.165) is 12.1 Å². The first-order chi connectivity index (χ1) is 8.85. The molecule has 2 rings (SSSR count). The number of rotatable bonds is 3. The summed E-state index contributed by atoms with van der Waals surface area (Å²) in [6.07, 6.45) is 1.51. The van der Waals surface area contributed by atoms with E-state index in [1.165, 1.54) is 12.3 Å². The van der Waals surface area contributed by atoms with Gasteiger partial charge in [0.15, 0.2) is 17.4 Å². The van der Waals surface area contributed by atoms with Gasteiger partial charge < -0.3 is 9.73 Å². The van der Waals surface area contributed by atoms with Crippen LogP contribution in [-0.4, -0.2) is 10.5 Å². The highest BCUT2D eigenvalue weighted by atomic mass is 19.2. The third-order valence-electron chi connectivity index (χ3n) is 2.53. The fourth-order valence-corrected chi connectivity index (χ4v) is 1.52. The van der Waals surface area contributed by atoms with Gasteiger partial charge in [0.25, 0.3) is 0 Å². The van der Waals surface area contributed by atoms with Gasteiger partial charge >= 0.3 is 0 Å². The highest BCUT2D eigenvalue weighted by molar-refractivity contribution is 5.56. The van der Waals surface area contributed by atoms with Crippen molar-refractivity contribution in [2.45, 2.75) is 32.9 Å². The first-order valence-corrected chi connectivity index (χ1v) is 6.00. The van der Waals surface area contributed by atoms with E-state index >= 15 is 0 Å². The standard InChI is InChI=1S/C14H16F2N2O/c1-14(2,3)18-8-13-17-7-12(19-13)9-4-5-10(15)11(16)6-9/h4-7,18H,8H2,1-3H3. The molecule has 19 heavy (non-hydrogen) atoms. The van der Waals surface area contributed by atoms with Crippen molar-refractivity contribution < 1.29 is 13.2 Å². The lowest BCUT2D eigenvalue weighted by atomic mass is 10.1. The monoisotopic (exact) mass is 266 g/mol. The number of halogens is 2. The molecule has 0 fully saturated rings.